The Labute approximate surface area is 85.3 Å². The molecule has 0 heterocycles. The van der Waals surface area contributed by atoms with E-state index in [0.717, 1.165) is 6.26 Å². The first-order chi connectivity index (χ1) is 6.60. The Hall–Kier alpha value is -0.630. The number of rotatable bonds is 6. The fourth-order valence-corrected chi connectivity index (χ4v) is 1.47. The highest BCUT2D eigenvalue weighted by molar-refractivity contribution is 7.91. The number of alkyl halides is 3. The summed E-state index contributed by atoms with van der Waals surface area (Å²) in [5.41, 5.74) is 0. The summed E-state index contributed by atoms with van der Waals surface area (Å²) < 4.78 is 60.0. The summed E-state index contributed by atoms with van der Waals surface area (Å²) in [5, 5.41) is 0. The van der Waals surface area contributed by atoms with Gasteiger partial charge in [-0.05, 0) is 0 Å². The number of sulfone groups is 1. The van der Waals surface area contributed by atoms with Gasteiger partial charge in [-0.3, -0.25) is 4.79 Å². The van der Waals surface area contributed by atoms with Crippen LogP contribution in [0.5, 0.6) is 0 Å². The molecule has 0 spiro atoms. The van der Waals surface area contributed by atoms with Crippen molar-refractivity contribution in [1.82, 2.24) is 0 Å². The number of hydrogen-bond acceptors (Lipinski definition) is 4. The first-order valence-electron chi connectivity index (χ1n) is 3.94. The van der Waals surface area contributed by atoms with E-state index >= 15 is 0 Å². The van der Waals surface area contributed by atoms with E-state index in [1.54, 1.807) is 0 Å². The normalized spacial score (nSPS) is 12.8. The largest absolute Gasteiger partial charge is 0.411 e. The molecule has 0 fully saturated rings. The van der Waals surface area contributed by atoms with Crippen molar-refractivity contribution < 1.29 is 31.1 Å². The van der Waals surface area contributed by atoms with Gasteiger partial charge in [-0.15, -0.1) is 0 Å². The lowest BCUT2D eigenvalue weighted by molar-refractivity contribution is -0.174. The number of carbonyl (C=O) groups is 1. The minimum Gasteiger partial charge on any atom is -0.372 e. The van der Waals surface area contributed by atoms with Crippen LogP contribution in [0.25, 0.3) is 0 Å². The molecule has 0 unspecified atom stereocenters. The quantitative estimate of drug-likeness (QED) is 0.645. The van der Waals surface area contributed by atoms with Crippen LogP contribution >= 0.6 is 0 Å². The van der Waals surface area contributed by atoms with Crippen LogP contribution in [-0.4, -0.2) is 45.6 Å². The maximum absolute atomic E-state index is 11.5. The summed E-state index contributed by atoms with van der Waals surface area (Å²) in [6, 6.07) is 0. The average molecular weight is 248 g/mol. The third-order valence-electron chi connectivity index (χ3n) is 1.21. The molecule has 15 heavy (non-hydrogen) atoms. The van der Waals surface area contributed by atoms with Gasteiger partial charge in [0.1, 0.15) is 18.1 Å². The van der Waals surface area contributed by atoms with Crippen molar-refractivity contribution in [3.8, 4) is 0 Å². The molecule has 90 valence electrons. The highest BCUT2D eigenvalue weighted by Gasteiger charge is 2.27. The van der Waals surface area contributed by atoms with Gasteiger partial charge in [-0.1, -0.05) is 0 Å². The van der Waals surface area contributed by atoms with Gasteiger partial charge < -0.3 is 4.74 Å². The molecule has 0 aliphatic carbocycles. The number of hydrogen-bond donors (Lipinski definition) is 0. The highest BCUT2D eigenvalue weighted by Crippen LogP contribution is 2.14. The Morgan fingerprint density at radius 1 is 1.33 bits per heavy atom. The summed E-state index contributed by atoms with van der Waals surface area (Å²) in [6.45, 7) is -1.85. The molecule has 0 radical (unpaired) electrons. The second-order valence-electron chi connectivity index (χ2n) is 3.03. The second kappa shape index (κ2) is 5.45. The first kappa shape index (κ1) is 14.4. The molecule has 0 N–H and O–H groups in total. The Balaban J connectivity index is 3.66. The Morgan fingerprint density at radius 3 is 2.27 bits per heavy atom. The predicted molar refractivity (Wildman–Crippen MR) is 46.2 cm³/mol. The van der Waals surface area contributed by atoms with Crippen LogP contribution in [-0.2, 0) is 19.4 Å². The lowest BCUT2D eigenvalue weighted by Crippen LogP contribution is -2.20. The zero-order valence-electron chi connectivity index (χ0n) is 8.00. The van der Waals surface area contributed by atoms with E-state index in [-0.39, 0.29) is 6.42 Å². The Morgan fingerprint density at radius 2 is 1.87 bits per heavy atom. The SMILES string of the molecule is CS(=O)(=O)CC(=O)CCOCC(F)(F)F. The molecular weight excluding hydrogens is 237 g/mol. The highest BCUT2D eigenvalue weighted by atomic mass is 32.2. The molecule has 0 atom stereocenters. The summed E-state index contributed by atoms with van der Waals surface area (Å²) >= 11 is 0. The lowest BCUT2D eigenvalue weighted by atomic mass is 10.3. The molecule has 4 nitrogen and oxygen atoms in total. The van der Waals surface area contributed by atoms with Crippen molar-refractivity contribution in [2.45, 2.75) is 12.6 Å². The minimum atomic E-state index is -4.43. The molecule has 0 saturated heterocycles. The average Bonchev–Trinajstić information content (AvgIpc) is 1.92. The monoisotopic (exact) mass is 248 g/mol. The molecular formula is C7H11F3O4S. The third-order valence-corrected chi connectivity index (χ3v) is 2.06. The van der Waals surface area contributed by atoms with Crippen LogP contribution in [0.3, 0.4) is 0 Å². The van der Waals surface area contributed by atoms with Crippen molar-refractivity contribution in [2.24, 2.45) is 0 Å². The van der Waals surface area contributed by atoms with Crippen molar-refractivity contribution >= 4 is 15.6 Å². The maximum atomic E-state index is 11.5. The van der Waals surface area contributed by atoms with Crippen LogP contribution in [0.1, 0.15) is 6.42 Å². The predicted octanol–water partition coefficient (Wildman–Crippen LogP) is 0.569. The Bertz CT molecular complexity index is 307. The molecule has 0 aliphatic heterocycles. The van der Waals surface area contributed by atoms with E-state index in [0.29, 0.717) is 0 Å². The van der Waals surface area contributed by atoms with Crippen molar-refractivity contribution in [3.63, 3.8) is 0 Å². The van der Waals surface area contributed by atoms with Crippen LogP contribution in [0.4, 0.5) is 13.2 Å². The summed E-state index contributed by atoms with van der Waals surface area (Å²) in [5.74, 6) is -1.32. The smallest absolute Gasteiger partial charge is 0.372 e. The van der Waals surface area contributed by atoms with Crippen molar-refractivity contribution in [2.75, 3.05) is 25.2 Å². The third kappa shape index (κ3) is 11.3. The maximum Gasteiger partial charge on any atom is 0.411 e. The number of halogens is 3. The molecule has 0 saturated carbocycles. The number of Topliss-reactive ketones (excluding diaryl/α,β-unsaturated/α-hetero) is 1. The summed E-state index contributed by atoms with van der Waals surface area (Å²) in [4.78, 5) is 10.8. The van der Waals surface area contributed by atoms with Crippen LogP contribution in [0.2, 0.25) is 0 Å². The van der Waals surface area contributed by atoms with Gasteiger partial charge in [0.2, 0.25) is 0 Å². The minimum absolute atomic E-state index is 0.330. The molecule has 8 heteroatoms. The van der Waals surface area contributed by atoms with Crippen LogP contribution in [0, 0.1) is 0 Å². The van der Waals surface area contributed by atoms with Gasteiger partial charge in [-0.25, -0.2) is 8.42 Å². The van der Waals surface area contributed by atoms with Crippen molar-refractivity contribution in [1.29, 1.82) is 0 Å². The summed E-state index contributed by atoms with van der Waals surface area (Å²) in [6.07, 6.45) is -3.88. The van der Waals surface area contributed by atoms with Gasteiger partial charge in [0.25, 0.3) is 0 Å². The first-order valence-corrected chi connectivity index (χ1v) is 6.00. The van der Waals surface area contributed by atoms with E-state index in [9.17, 15) is 26.4 Å². The van der Waals surface area contributed by atoms with E-state index in [1.165, 1.54) is 0 Å². The van der Waals surface area contributed by atoms with Crippen LogP contribution in [0.15, 0.2) is 0 Å². The number of ketones is 1. The van der Waals surface area contributed by atoms with Gasteiger partial charge in [0.05, 0.1) is 6.61 Å². The van der Waals surface area contributed by atoms with Gasteiger partial charge in [0, 0.05) is 12.7 Å². The molecule has 0 amide bonds. The molecule has 0 aromatic heterocycles. The second-order valence-corrected chi connectivity index (χ2v) is 5.17. The van der Waals surface area contributed by atoms with E-state index in [1.807, 2.05) is 0 Å². The fraction of sp³-hybridized carbons (Fsp3) is 0.857. The fourth-order valence-electron chi connectivity index (χ4n) is 0.739. The Kier molecular flexibility index (Phi) is 5.22. The van der Waals surface area contributed by atoms with E-state index in [2.05, 4.69) is 4.74 Å². The molecule has 0 rings (SSSR count). The summed E-state index contributed by atoms with van der Waals surface area (Å²) in [7, 11) is -3.42. The van der Waals surface area contributed by atoms with Gasteiger partial charge >= 0.3 is 6.18 Å². The van der Waals surface area contributed by atoms with Gasteiger partial charge in [-0.2, -0.15) is 13.2 Å². The molecule has 0 aliphatic rings. The van der Waals surface area contributed by atoms with E-state index in [4.69, 9.17) is 0 Å². The molecule has 0 aromatic rings. The lowest BCUT2D eigenvalue weighted by Gasteiger charge is -2.06. The topological polar surface area (TPSA) is 60.4 Å². The van der Waals surface area contributed by atoms with E-state index < -0.39 is 40.8 Å². The van der Waals surface area contributed by atoms with Crippen molar-refractivity contribution in [3.05, 3.63) is 0 Å². The standard InChI is InChI=1S/C7H11F3O4S/c1-15(12,13)4-6(11)2-3-14-5-7(8,9)10/h2-5H2,1H3. The van der Waals surface area contributed by atoms with Gasteiger partial charge in [0.15, 0.2) is 9.84 Å². The number of carbonyl (C=O) groups excluding carboxylic acids is 1. The number of ether oxygens (including phenoxy) is 1. The zero-order chi connectivity index (χ0) is 12.1. The van der Waals surface area contributed by atoms with Crippen LogP contribution < -0.4 is 0 Å². The molecule has 0 bridgehead atoms. The zero-order valence-corrected chi connectivity index (χ0v) is 8.82. The molecule has 0 aromatic carbocycles.